The van der Waals surface area contributed by atoms with Gasteiger partial charge in [-0.2, -0.15) is 0 Å². The van der Waals surface area contributed by atoms with Crippen LogP contribution in [0.15, 0.2) is 152 Å². The fourth-order valence-corrected chi connectivity index (χ4v) is 7.87. The van der Waals surface area contributed by atoms with E-state index in [2.05, 4.69) is 220 Å². The van der Waals surface area contributed by atoms with Crippen molar-refractivity contribution in [1.82, 2.24) is 14.5 Å². The maximum atomic E-state index is 11.8. The Labute approximate surface area is 390 Å². The summed E-state index contributed by atoms with van der Waals surface area (Å²) >= 11 is 0. The standard InChI is InChI=1S/C37H42N2O.C21H20N.Pt/c1-35(2,3)26-22-27(33(40)29(23-26)37(7,8)9)34-38-30-17-13-14-18-32(30)39(34)31-20-19-25(21-28(31)36(4,5)6)24-15-11-10-12-16-24;1-21(2,3)19-11-7-10-18(14-19)20-15-17(12-13-22-20)16-8-5-4-6-9-16;/h10-23,40H,1-9H3;4-9,11-15H,1-3H3;/q;-1;. The Morgan fingerprint density at radius 1 is 0.508 bits per heavy atom. The quantitative estimate of drug-likeness (QED) is 0.175. The second-order valence-electron chi connectivity index (χ2n) is 20.6. The molecule has 0 fully saturated rings. The Kier molecular flexibility index (Phi) is 13.6. The number of phenolic OH excluding ortho intramolecular Hbond substituents is 1. The number of aromatic hydroxyl groups is 1. The van der Waals surface area contributed by atoms with Gasteiger partial charge >= 0.3 is 0 Å². The molecule has 0 aliphatic heterocycles. The van der Waals surface area contributed by atoms with Crippen LogP contribution in [0.4, 0.5) is 0 Å². The van der Waals surface area contributed by atoms with Gasteiger partial charge in [0.05, 0.1) is 22.3 Å². The summed E-state index contributed by atoms with van der Waals surface area (Å²) in [6.07, 6.45) is 1.87. The van der Waals surface area contributed by atoms with Gasteiger partial charge in [0, 0.05) is 32.8 Å². The summed E-state index contributed by atoms with van der Waals surface area (Å²) in [6.45, 7) is 26.6. The minimum Gasteiger partial charge on any atom is -0.507 e. The van der Waals surface area contributed by atoms with E-state index in [1.165, 1.54) is 38.9 Å². The van der Waals surface area contributed by atoms with Gasteiger partial charge in [-0.05, 0) is 97.1 Å². The van der Waals surface area contributed by atoms with Crippen molar-refractivity contribution >= 4 is 11.0 Å². The van der Waals surface area contributed by atoms with E-state index >= 15 is 0 Å². The SMILES string of the molecule is CC(C)(C)c1cc(-c2nc3ccccc3n2-c2ccc(-c3ccccc3)cc2C(C)(C)C)c(O)c(C(C)(C)C)c1.CC(C)(C)c1cc[c-]c(-c2cc(-c3ccccc3)ccn2)c1.[Pt]. The number of aromatic nitrogens is 3. The van der Waals surface area contributed by atoms with Crippen LogP contribution in [0.1, 0.15) is 105 Å². The molecule has 8 rings (SSSR count). The van der Waals surface area contributed by atoms with Crippen LogP contribution in [-0.2, 0) is 42.7 Å². The largest absolute Gasteiger partial charge is 0.507 e. The van der Waals surface area contributed by atoms with E-state index in [1.54, 1.807) is 0 Å². The molecular formula is C58H62N3OPt-. The molecule has 2 heterocycles. The van der Waals surface area contributed by atoms with E-state index in [-0.39, 0.29) is 42.7 Å². The van der Waals surface area contributed by atoms with E-state index in [1.807, 2.05) is 30.5 Å². The van der Waals surface area contributed by atoms with Crippen LogP contribution in [0, 0.1) is 6.07 Å². The Bertz CT molecular complexity index is 2830. The number of rotatable bonds is 5. The predicted octanol–water partition coefficient (Wildman–Crippen LogP) is 15.5. The molecule has 0 aliphatic carbocycles. The van der Waals surface area contributed by atoms with Gasteiger partial charge in [-0.3, -0.25) is 4.57 Å². The van der Waals surface area contributed by atoms with Crippen LogP contribution in [0.5, 0.6) is 5.75 Å². The summed E-state index contributed by atoms with van der Waals surface area (Å²) in [5.41, 5.74) is 14.9. The molecule has 2 aromatic heterocycles. The molecule has 0 amide bonds. The summed E-state index contributed by atoms with van der Waals surface area (Å²) < 4.78 is 2.25. The molecule has 0 atom stereocenters. The van der Waals surface area contributed by atoms with Crippen LogP contribution in [0.25, 0.3) is 61.6 Å². The number of pyridine rings is 1. The first-order chi connectivity index (χ1) is 29.2. The molecule has 1 N–H and O–H groups in total. The molecule has 4 nitrogen and oxygen atoms in total. The number of fused-ring (bicyclic) bond motifs is 1. The number of imidazole rings is 1. The van der Waals surface area contributed by atoms with Gasteiger partial charge in [0.2, 0.25) is 0 Å². The van der Waals surface area contributed by atoms with Crippen LogP contribution in [0.2, 0.25) is 0 Å². The average Bonchev–Trinajstić information content (AvgIpc) is 3.62. The third kappa shape index (κ3) is 10.5. The number of para-hydroxylation sites is 2. The summed E-state index contributed by atoms with van der Waals surface area (Å²) in [7, 11) is 0. The number of hydrogen-bond donors (Lipinski definition) is 1. The molecule has 0 spiro atoms. The monoisotopic (exact) mass is 1010 g/mol. The molecule has 326 valence electrons. The zero-order chi connectivity index (χ0) is 44.6. The summed E-state index contributed by atoms with van der Waals surface area (Å²) in [4.78, 5) is 9.70. The molecule has 0 saturated carbocycles. The average molecular weight is 1010 g/mol. The van der Waals surface area contributed by atoms with Crippen molar-refractivity contribution in [2.45, 2.75) is 105 Å². The minimum atomic E-state index is -0.231. The van der Waals surface area contributed by atoms with Gasteiger partial charge in [-0.25, -0.2) is 4.98 Å². The maximum Gasteiger partial charge on any atom is 0.149 e. The molecule has 0 unspecified atom stereocenters. The van der Waals surface area contributed by atoms with Crippen molar-refractivity contribution in [1.29, 1.82) is 0 Å². The first-order valence-electron chi connectivity index (χ1n) is 21.8. The van der Waals surface area contributed by atoms with E-state index in [9.17, 15) is 5.11 Å². The van der Waals surface area contributed by atoms with Gasteiger partial charge in [-0.1, -0.05) is 174 Å². The molecule has 0 bridgehead atoms. The zero-order valence-corrected chi connectivity index (χ0v) is 41.3. The molecule has 0 saturated heterocycles. The third-order valence-electron chi connectivity index (χ3n) is 11.5. The molecule has 0 aliphatic rings. The third-order valence-corrected chi connectivity index (χ3v) is 11.5. The number of nitrogens with zero attached hydrogens (tertiary/aromatic N) is 3. The summed E-state index contributed by atoms with van der Waals surface area (Å²) in [5.74, 6) is 1.06. The van der Waals surface area contributed by atoms with Crippen LogP contribution >= 0.6 is 0 Å². The second kappa shape index (κ2) is 18.3. The zero-order valence-electron chi connectivity index (χ0n) is 39.0. The van der Waals surface area contributed by atoms with Gasteiger partial charge in [0.15, 0.2) is 0 Å². The Balaban J connectivity index is 0.000000243. The van der Waals surface area contributed by atoms with Crippen molar-refractivity contribution < 1.29 is 26.2 Å². The van der Waals surface area contributed by atoms with Crippen molar-refractivity contribution in [2.75, 3.05) is 0 Å². The van der Waals surface area contributed by atoms with Crippen molar-refractivity contribution in [2.24, 2.45) is 0 Å². The Morgan fingerprint density at radius 2 is 1.08 bits per heavy atom. The molecule has 8 aromatic rings. The molecule has 6 aromatic carbocycles. The van der Waals surface area contributed by atoms with Crippen molar-refractivity contribution in [3.8, 4) is 56.3 Å². The Hall–Kier alpha value is -5.57. The van der Waals surface area contributed by atoms with Gasteiger partial charge in [0.1, 0.15) is 11.6 Å². The predicted molar refractivity (Wildman–Crippen MR) is 262 cm³/mol. The topological polar surface area (TPSA) is 50.9 Å². The normalized spacial score (nSPS) is 12.1. The molecular weight excluding hydrogens is 950 g/mol. The smallest absolute Gasteiger partial charge is 0.149 e. The van der Waals surface area contributed by atoms with E-state index in [0.29, 0.717) is 5.75 Å². The van der Waals surface area contributed by atoms with E-state index in [4.69, 9.17) is 4.98 Å². The molecule has 63 heavy (non-hydrogen) atoms. The van der Waals surface area contributed by atoms with Crippen LogP contribution < -0.4 is 0 Å². The van der Waals surface area contributed by atoms with Crippen molar-refractivity contribution in [3.05, 3.63) is 180 Å². The van der Waals surface area contributed by atoms with E-state index < -0.39 is 0 Å². The van der Waals surface area contributed by atoms with E-state index in [0.717, 1.165) is 44.9 Å². The minimum absolute atomic E-state index is 0. The number of phenols is 1. The van der Waals surface area contributed by atoms with Gasteiger partial charge in [-0.15, -0.1) is 35.4 Å². The fourth-order valence-electron chi connectivity index (χ4n) is 7.87. The van der Waals surface area contributed by atoms with Gasteiger partial charge in [0.25, 0.3) is 0 Å². The first kappa shape index (κ1) is 46.9. The summed E-state index contributed by atoms with van der Waals surface area (Å²) in [5, 5.41) is 11.8. The summed E-state index contributed by atoms with van der Waals surface area (Å²) in [6, 6.07) is 54.0. The molecule has 0 radical (unpaired) electrons. The number of benzene rings is 6. The van der Waals surface area contributed by atoms with Crippen LogP contribution in [0.3, 0.4) is 0 Å². The second-order valence-corrected chi connectivity index (χ2v) is 20.6. The number of hydrogen-bond acceptors (Lipinski definition) is 3. The van der Waals surface area contributed by atoms with Gasteiger partial charge < -0.3 is 10.1 Å². The fraction of sp³-hybridized carbons (Fsp3) is 0.276. The van der Waals surface area contributed by atoms with Crippen LogP contribution in [-0.4, -0.2) is 19.6 Å². The Morgan fingerprint density at radius 3 is 1.67 bits per heavy atom. The maximum absolute atomic E-state index is 11.8. The molecule has 5 heteroatoms. The first-order valence-corrected chi connectivity index (χ1v) is 21.8. The van der Waals surface area contributed by atoms with Crippen molar-refractivity contribution in [3.63, 3.8) is 0 Å².